The van der Waals surface area contributed by atoms with Gasteiger partial charge < -0.3 is 5.73 Å². The molecule has 0 amide bonds. The lowest BCUT2D eigenvalue weighted by atomic mass is 10.0. The van der Waals surface area contributed by atoms with Gasteiger partial charge in [-0.1, -0.05) is 42.5 Å². The summed E-state index contributed by atoms with van der Waals surface area (Å²) in [7, 11) is 0. The molecule has 80 valence electrons. The van der Waals surface area contributed by atoms with Gasteiger partial charge in [-0.3, -0.25) is 4.98 Å². The second-order valence-corrected chi connectivity index (χ2v) is 3.56. The first-order valence-corrected chi connectivity index (χ1v) is 5.21. The number of hydrogen-bond acceptors (Lipinski definition) is 2. The summed E-state index contributed by atoms with van der Waals surface area (Å²) in [5.41, 5.74) is 9.01. The van der Waals surface area contributed by atoms with Crippen LogP contribution in [0.3, 0.4) is 0 Å². The second-order valence-electron chi connectivity index (χ2n) is 3.56. The largest absolute Gasteiger partial charge is 0.319 e. The predicted octanol–water partition coefficient (Wildman–Crippen LogP) is 2.93. The van der Waals surface area contributed by atoms with E-state index in [4.69, 9.17) is 5.73 Å². The maximum atomic E-state index is 5.95. The summed E-state index contributed by atoms with van der Waals surface area (Å²) in [6.45, 7) is 3.71. The smallest absolute Gasteiger partial charge is 0.0688 e. The van der Waals surface area contributed by atoms with E-state index in [1.54, 1.807) is 12.3 Å². The molecule has 2 nitrogen and oxygen atoms in total. The van der Waals surface area contributed by atoms with Crippen molar-refractivity contribution in [3.8, 4) is 11.1 Å². The first-order chi connectivity index (χ1) is 7.83. The molecule has 1 atom stereocenters. The van der Waals surface area contributed by atoms with Gasteiger partial charge in [0.2, 0.25) is 0 Å². The van der Waals surface area contributed by atoms with Gasteiger partial charge in [0.15, 0.2) is 0 Å². The highest BCUT2D eigenvalue weighted by atomic mass is 14.8. The van der Waals surface area contributed by atoms with Crippen LogP contribution in [0, 0.1) is 0 Å². The maximum Gasteiger partial charge on any atom is 0.0688 e. The molecule has 1 heterocycles. The first kappa shape index (κ1) is 10.6. The molecular weight excluding hydrogens is 196 g/mol. The van der Waals surface area contributed by atoms with Gasteiger partial charge in [0.1, 0.15) is 0 Å². The lowest BCUT2D eigenvalue weighted by Gasteiger charge is -2.11. The topological polar surface area (TPSA) is 38.9 Å². The van der Waals surface area contributed by atoms with Crippen LogP contribution in [0.25, 0.3) is 11.1 Å². The summed E-state index contributed by atoms with van der Waals surface area (Å²) in [5.74, 6) is 0. The average Bonchev–Trinajstić information content (AvgIpc) is 2.39. The predicted molar refractivity (Wildman–Crippen MR) is 66.8 cm³/mol. The molecule has 0 bridgehead atoms. The number of aromatic nitrogens is 1. The Morgan fingerprint density at radius 2 is 1.88 bits per heavy atom. The SMILES string of the molecule is C=CC(N)c1ncccc1-c1ccccc1. The Bertz CT molecular complexity index is 477. The Kier molecular flexibility index (Phi) is 3.13. The van der Waals surface area contributed by atoms with Gasteiger partial charge in [-0.15, -0.1) is 6.58 Å². The van der Waals surface area contributed by atoms with Gasteiger partial charge in [-0.05, 0) is 11.6 Å². The van der Waals surface area contributed by atoms with Crippen molar-refractivity contribution in [1.29, 1.82) is 0 Å². The molecule has 0 fully saturated rings. The van der Waals surface area contributed by atoms with Crippen LogP contribution < -0.4 is 5.73 Å². The van der Waals surface area contributed by atoms with Crippen LogP contribution in [-0.4, -0.2) is 4.98 Å². The van der Waals surface area contributed by atoms with Gasteiger partial charge in [-0.2, -0.15) is 0 Å². The Labute approximate surface area is 95.5 Å². The minimum absolute atomic E-state index is 0.226. The van der Waals surface area contributed by atoms with Crippen LogP contribution in [0.2, 0.25) is 0 Å². The van der Waals surface area contributed by atoms with Gasteiger partial charge in [0, 0.05) is 11.8 Å². The number of rotatable bonds is 3. The summed E-state index contributed by atoms with van der Waals surface area (Å²) in [4.78, 5) is 4.33. The molecule has 0 spiro atoms. The van der Waals surface area contributed by atoms with Crippen molar-refractivity contribution >= 4 is 0 Å². The molecule has 0 radical (unpaired) electrons. The van der Waals surface area contributed by atoms with Crippen molar-refractivity contribution < 1.29 is 0 Å². The van der Waals surface area contributed by atoms with E-state index in [2.05, 4.69) is 23.7 Å². The molecule has 0 saturated carbocycles. The Morgan fingerprint density at radius 1 is 1.12 bits per heavy atom. The highest BCUT2D eigenvalue weighted by Gasteiger charge is 2.09. The summed E-state index contributed by atoms with van der Waals surface area (Å²) >= 11 is 0. The zero-order valence-electron chi connectivity index (χ0n) is 9.01. The first-order valence-electron chi connectivity index (χ1n) is 5.21. The standard InChI is InChI=1S/C14H14N2/c1-2-13(15)14-12(9-6-10-16-14)11-7-4-3-5-8-11/h2-10,13H,1,15H2. The van der Waals surface area contributed by atoms with Crippen molar-refractivity contribution in [3.63, 3.8) is 0 Å². The van der Waals surface area contributed by atoms with Gasteiger partial charge >= 0.3 is 0 Å². The third-order valence-corrected chi connectivity index (χ3v) is 2.49. The van der Waals surface area contributed by atoms with Crippen LogP contribution in [0.1, 0.15) is 11.7 Å². The normalized spacial score (nSPS) is 12.1. The van der Waals surface area contributed by atoms with Crippen LogP contribution in [-0.2, 0) is 0 Å². The fourth-order valence-electron chi connectivity index (χ4n) is 1.66. The fourth-order valence-corrected chi connectivity index (χ4v) is 1.66. The number of nitrogens with zero attached hydrogens (tertiary/aromatic N) is 1. The Balaban J connectivity index is 2.53. The highest BCUT2D eigenvalue weighted by Crippen LogP contribution is 2.25. The van der Waals surface area contributed by atoms with Crippen molar-refractivity contribution in [2.75, 3.05) is 0 Å². The molecule has 0 saturated heterocycles. The van der Waals surface area contributed by atoms with Gasteiger partial charge in [0.05, 0.1) is 11.7 Å². The van der Waals surface area contributed by atoms with E-state index in [9.17, 15) is 0 Å². The summed E-state index contributed by atoms with van der Waals surface area (Å²) in [6, 6.07) is 13.8. The van der Waals surface area contributed by atoms with E-state index < -0.39 is 0 Å². The Morgan fingerprint density at radius 3 is 2.56 bits per heavy atom. The van der Waals surface area contributed by atoms with E-state index in [1.807, 2.05) is 30.3 Å². The molecule has 2 rings (SSSR count). The summed E-state index contributed by atoms with van der Waals surface area (Å²) in [6.07, 6.45) is 3.46. The lowest BCUT2D eigenvalue weighted by molar-refractivity contribution is 0.867. The number of hydrogen-bond donors (Lipinski definition) is 1. The molecule has 2 aromatic rings. The molecule has 1 aromatic heterocycles. The van der Waals surface area contributed by atoms with Crippen molar-refractivity contribution in [1.82, 2.24) is 4.98 Å². The summed E-state index contributed by atoms with van der Waals surface area (Å²) in [5, 5.41) is 0. The molecular formula is C14H14N2. The number of benzene rings is 1. The minimum atomic E-state index is -0.226. The molecule has 1 aromatic carbocycles. The number of pyridine rings is 1. The van der Waals surface area contributed by atoms with Crippen LogP contribution in [0.15, 0.2) is 61.3 Å². The quantitative estimate of drug-likeness (QED) is 0.791. The second kappa shape index (κ2) is 4.73. The molecule has 16 heavy (non-hydrogen) atoms. The summed E-state index contributed by atoms with van der Waals surface area (Å²) < 4.78 is 0. The van der Waals surface area contributed by atoms with Crippen molar-refractivity contribution in [2.45, 2.75) is 6.04 Å². The third-order valence-electron chi connectivity index (χ3n) is 2.49. The van der Waals surface area contributed by atoms with Crippen LogP contribution in [0.5, 0.6) is 0 Å². The van der Waals surface area contributed by atoms with Crippen molar-refractivity contribution in [2.24, 2.45) is 5.73 Å². The molecule has 2 N–H and O–H groups in total. The average molecular weight is 210 g/mol. The zero-order chi connectivity index (χ0) is 11.4. The van der Waals surface area contributed by atoms with Gasteiger partial charge in [0.25, 0.3) is 0 Å². The van der Waals surface area contributed by atoms with Crippen LogP contribution in [0.4, 0.5) is 0 Å². The van der Waals surface area contributed by atoms with Crippen molar-refractivity contribution in [3.05, 3.63) is 67.0 Å². The van der Waals surface area contributed by atoms with Crippen LogP contribution >= 0.6 is 0 Å². The van der Waals surface area contributed by atoms with E-state index in [1.165, 1.54) is 0 Å². The maximum absolute atomic E-state index is 5.95. The van der Waals surface area contributed by atoms with E-state index in [0.717, 1.165) is 16.8 Å². The molecule has 2 heteroatoms. The monoisotopic (exact) mass is 210 g/mol. The van der Waals surface area contributed by atoms with E-state index in [0.29, 0.717) is 0 Å². The highest BCUT2D eigenvalue weighted by molar-refractivity contribution is 5.66. The Hall–Kier alpha value is -1.93. The molecule has 1 unspecified atom stereocenters. The minimum Gasteiger partial charge on any atom is -0.319 e. The molecule has 0 aliphatic heterocycles. The third kappa shape index (κ3) is 2.02. The molecule has 0 aliphatic rings. The fraction of sp³-hybridized carbons (Fsp3) is 0.0714. The molecule has 0 aliphatic carbocycles. The van der Waals surface area contributed by atoms with E-state index in [-0.39, 0.29) is 6.04 Å². The zero-order valence-corrected chi connectivity index (χ0v) is 9.01. The van der Waals surface area contributed by atoms with Gasteiger partial charge in [-0.25, -0.2) is 0 Å². The van der Waals surface area contributed by atoms with E-state index >= 15 is 0 Å². The number of nitrogens with two attached hydrogens (primary N) is 1. The lowest BCUT2D eigenvalue weighted by Crippen LogP contribution is -2.10.